The van der Waals surface area contributed by atoms with E-state index in [0.717, 1.165) is 22.7 Å². The first kappa shape index (κ1) is 12.9. The van der Waals surface area contributed by atoms with E-state index in [1.54, 1.807) is 6.07 Å². The van der Waals surface area contributed by atoms with E-state index in [1.165, 1.54) is 11.6 Å². The Morgan fingerprint density at radius 3 is 2.81 bits per heavy atom. The fraction of sp³-hybridized carbons (Fsp3) is 0.222. The summed E-state index contributed by atoms with van der Waals surface area (Å²) in [7, 11) is 0. The summed E-state index contributed by atoms with van der Waals surface area (Å²) >= 11 is 6.13. The molecule has 0 amide bonds. The molecule has 3 heteroatoms. The summed E-state index contributed by atoms with van der Waals surface area (Å²) in [4.78, 5) is 0. The summed E-state index contributed by atoms with van der Waals surface area (Å²) in [5.41, 5.74) is 3.02. The van der Waals surface area contributed by atoms with E-state index in [1.807, 2.05) is 30.3 Å². The second kappa shape index (κ2) is 4.88. The van der Waals surface area contributed by atoms with Crippen LogP contribution >= 0.6 is 11.6 Å². The summed E-state index contributed by atoms with van der Waals surface area (Å²) in [5, 5.41) is 4.26. The number of hydrogen-bond acceptors (Lipinski definition) is 1. The van der Waals surface area contributed by atoms with E-state index in [2.05, 4.69) is 17.5 Å². The molecule has 21 heavy (non-hydrogen) atoms. The second-order valence-electron chi connectivity index (χ2n) is 5.73. The molecule has 0 unspecified atom stereocenters. The maximum absolute atomic E-state index is 14.2. The molecular weight excluding hydrogens is 285 g/mol. The normalized spacial score (nSPS) is 26.1. The number of benzene rings is 2. The van der Waals surface area contributed by atoms with Gasteiger partial charge in [0.15, 0.2) is 0 Å². The van der Waals surface area contributed by atoms with E-state index in [0.29, 0.717) is 11.8 Å². The Kier molecular flexibility index (Phi) is 3.00. The lowest BCUT2D eigenvalue weighted by atomic mass is 9.77. The molecule has 1 N–H and O–H groups in total. The van der Waals surface area contributed by atoms with Gasteiger partial charge in [-0.25, -0.2) is 4.39 Å². The number of rotatable bonds is 1. The Labute approximate surface area is 128 Å². The molecule has 0 aromatic heterocycles. The Balaban J connectivity index is 1.82. The van der Waals surface area contributed by atoms with Crippen molar-refractivity contribution in [1.82, 2.24) is 0 Å². The van der Waals surface area contributed by atoms with Gasteiger partial charge in [0.1, 0.15) is 5.82 Å². The lowest BCUT2D eigenvalue weighted by Gasteiger charge is -2.37. The molecule has 3 atom stereocenters. The summed E-state index contributed by atoms with van der Waals surface area (Å²) in [6.45, 7) is 0. The monoisotopic (exact) mass is 299 g/mol. The summed E-state index contributed by atoms with van der Waals surface area (Å²) in [6, 6.07) is 12.9. The highest BCUT2D eigenvalue weighted by molar-refractivity contribution is 6.30. The molecule has 0 saturated carbocycles. The minimum Gasteiger partial charge on any atom is -0.378 e. The van der Waals surface area contributed by atoms with Crippen LogP contribution in [0.2, 0.25) is 5.02 Å². The molecule has 0 radical (unpaired) electrons. The van der Waals surface area contributed by atoms with Gasteiger partial charge in [-0.3, -0.25) is 0 Å². The van der Waals surface area contributed by atoms with Crippen LogP contribution in [-0.2, 0) is 0 Å². The molecule has 2 aromatic carbocycles. The van der Waals surface area contributed by atoms with Crippen LogP contribution in [0.25, 0.3) is 0 Å². The Bertz CT molecular complexity index is 725. The van der Waals surface area contributed by atoms with Crippen LogP contribution in [0.4, 0.5) is 10.1 Å². The van der Waals surface area contributed by atoms with E-state index in [4.69, 9.17) is 11.6 Å². The van der Waals surface area contributed by atoms with Gasteiger partial charge in [-0.2, -0.15) is 0 Å². The lowest BCUT2D eigenvalue weighted by Crippen LogP contribution is -2.29. The number of hydrogen-bond donors (Lipinski definition) is 1. The van der Waals surface area contributed by atoms with Crippen molar-refractivity contribution in [2.75, 3.05) is 5.32 Å². The van der Waals surface area contributed by atoms with Crippen LogP contribution in [0.3, 0.4) is 0 Å². The Morgan fingerprint density at radius 2 is 1.95 bits per heavy atom. The van der Waals surface area contributed by atoms with E-state index in [-0.39, 0.29) is 11.9 Å². The smallest absolute Gasteiger partial charge is 0.128 e. The standard InChI is InChI=1S/C18H15ClFN/c19-11-8-9-17-15(10-11)12-5-3-6-13(12)18(21-17)14-4-1-2-7-16(14)20/h1-5,7-10,12-13,18,21H,6H2/t12-,13-,18+/m0/s1. The fourth-order valence-corrected chi connectivity index (χ4v) is 3.78. The third kappa shape index (κ3) is 2.06. The first-order chi connectivity index (χ1) is 10.2. The molecule has 1 aliphatic carbocycles. The number of fused-ring (bicyclic) bond motifs is 3. The van der Waals surface area contributed by atoms with Crippen molar-refractivity contribution in [2.45, 2.75) is 18.4 Å². The Hall–Kier alpha value is -1.80. The minimum absolute atomic E-state index is 0.000115. The topological polar surface area (TPSA) is 12.0 Å². The van der Waals surface area contributed by atoms with Crippen LogP contribution < -0.4 is 5.32 Å². The van der Waals surface area contributed by atoms with Crippen molar-refractivity contribution >= 4 is 17.3 Å². The fourth-order valence-electron chi connectivity index (χ4n) is 3.60. The highest BCUT2D eigenvalue weighted by Crippen LogP contribution is 2.50. The number of allylic oxidation sites excluding steroid dienone is 2. The third-order valence-corrected chi connectivity index (χ3v) is 4.80. The number of nitrogens with one attached hydrogen (secondary N) is 1. The zero-order valence-corrected chi connectivity index (χ0v) is 12.1. The minimum atomic E-state index is -0.141. The molecule has 0 spiro atoms. The molecule has 1 nitrogen and oxygen atoms in total. The maximum Gasteiger partial charge on any atom is 0.128 e. The maximum atomic E-state index is 14.2. The average molecular weight is 300 g/mol. The molecule has 2 aliphatic rings. The van der Waals surface area contributed by atoms with Crippen LogP contribution in [0.1, 0.15) is 29.5 Å². The van der Waals surface area contributed by atoms with Crippen molar-refractivity contribution in [1.29, 1.82) is 0 Å². The molecule has 2 aromatic rings. The largest absolute Gasteiger partial charge is 0.378 e. The third-order valence-electron chi connectivity index (χ3n) is 4.57. The van der Waals surface area contributed by atoms with Crippen LogP contribution in [-0.4, -0.2) is 0 Å². The first-order valence-electron chi connectivity index (χ1n) is 7.21. The summed E-state index contributed by atoms with van der Waals surface area (Å²) in [6.07, 6.45) is 5.39. The zero-order chi connectivity index (χ0) is 14.4. The van der Waals surface area contributed by atoms with Crippen LogP contribution in [0, 0.1) is 11.7 Å². The molecule has 1 aliphatic heterocycles. The van der Waals surface area contributed by atoms with Crippen LogP contribution in [0.5, 0.6) is 0 Å². The molecule has 106 valence electrons. The van der Waals surface area contributed by atoms with Gasteiger partial charge in [0.2, 0.25) is 0 Å². The van der Waals surface area contributed by atoms with Crippen molar-refractivity contribution in [3.63, 3.8) is 0 Å². The lowest BCUT2D eigenvalue weighted by molar-refractivity contribution is 0.413. The van der Waals surface area contributed by atoms with Gasteiger partial charge in [-0.1, -0.05) is 42.0 Å². The van der Waals surface area contributed by atoms with Crippen molar-refractivity contribution in [2.24, 2.45) is 5.92 Å². The van der Waals surface area contributed by atoms with Crippen molar-refractivity contribution in [3.05, 3.63) is 76.6 Å². The Morgan fingerprint density at radius 1 is 1.10 bits per heavy atom. The molecule has 1 heterocycles. The summed E-state index contributed by atoms with van der Waals surface area (Å²) < 4.78 is 14.2. The quantitative estimate of drug-likeness (QED) is 0.704. The molecular formula is C18H15ClFN. The van der Waals surface area contributed by atoms with Gasteiger partial charge in [0, 0.05) is 22.2 Å². The van der Waals surface area contributed by atoms with E-state index in [9.17, 15) is 4.39 Å². The van der Waals surface area contributed by atoms with Crippen molar-refractivity contribution < 1.29 is 4.39 Å². The molecule has 0 saturated heterocycles. The van der Waals surface area contributed by atoms with Gasteiger partial charge in [-0.05, 0) is 42.2 Å². The summed E-state index contributed by atoms with van der Waals surface area (Å²) in [5.74, 6) is 0.510. The predicted octanol–water partition coefficient (Wildman–Crippen LogP) is 5.31. The predicted molar refractivity (Wildman–Crippen MR) is 84.2 cm³/mol. The average Bonchev–Trinajstić information content (AvgIpc) is 2.97. The van der Waals surface area contributed by atoms with Gasteiger partial charge >= 0.3 is 0 Å². The molecule has 0 bridgehead atoms. The number of halogens is 2. The van der Waals surface area contributed by atoms with Gasteiger partial charge in [0.25, 0.3) is 0 Å². The van der Waals surface area contributed by atoms with Gasteiger partial charge in [-0.15, -0.1) is 0 Å². The number of anilines is 1. The van der Waals surface area contributed by atoms with Gasteiger partial charge in [0.05, 0.1) is 6.04 Å². The highest BCUT2D eigenvalue weighted by atomic mass is 35.5. The highest BCUT2D eigenvalue weighted by Gasteiger charge is 2.38. The first-order valence-corrected chi connectivity index (χ1v) is 7.59. The van der Waals surface area contributed by atoms with E-state index < -0.39 is 0 Å². The van der Waals surface area contributed by atoms with E-state index >= 15 is 0 Å². The SMILES string of the molecule is Fc1ccccc1[C@@H]1Nc2ccc(Cl)cc2[C@H]2C=CC[C@@H]21. The zero-order valence-electron chi connectivity index (χ0n) is 11.4. The van der Waals surface area contributed by atoms with Gasteiger partial charge < -0.3 is 5.32 Å². The second-order valence-corrected chi connectivity index (χ2v) is 6.17. The molecule has 4 rings (SSSR count). The van der Waals surface area contributed by atoms with Crippen LogP contribution in [0.15, 0.2) is 54.6 Å². The molecule has 0 fully saturated rings. The van der Waals surface area contributed by atoms with Crippen molar-refractivity contribution in [3.8, 4) is 0 Å².